The lowest BCUT2D eigenvalue weighted by Gasteiger charge is -2.17. The highest BCUT2D eigenvalue weighted by Gasteiger charge is 2.23. The first-order valence-corrected chi connectivity index (χ1v) is 7.80. The lowest BCUT2D eigenvalue weighted by atomic mass is 10.1. The van der Waals surface area contributed by atoms with Crippen LogP contribution in [-0.4, -0.2) is 53.4 Å². The summed E-state index contributed by atoms with van der Waals surface area (Å²) >= 11 is 0. The second-order valence-electron chi connectivity index (χ2n) is 5.34. The predicted octanol–water partition coefficient (Wildman–Crippen LogP) is 0.954. The van der Waals surface area contributed by atoms with E-state index in [9.17, 15) is 4.79 Å². The van der Waals surface area contributed by atoms with Crippen molar-refractivity contribution in [2.75, 3.05) is 32.8 Å². The fraction of sp³-hybridized carbons (Fsp3) is 0.733. The lowest BCUT2D eigenvalue weighted by Crippen LogP contribution is -2.30. The average molecular weight is 294 g/mol. The Hall–Kier alpha value is -1.40. The number of carbonyl (C=O) groups is 1. The van der Waals surface area contributed by atoms with Crippen LogP contribution < -0.4 is 5.32 Å². The zero-order valence-corrected chi connectivity index (χ0v) is 13.3. The van der Waals surface area contributed by atoms with Gasteiger partial charge in [0.1, 0.15) is 0 Å². The fourth-order valence-corrected chi connectivity index (χ4v) is 2.72. The molecule has 0 saturated carbocycles. The molecule has 0 saturated heterocycles. The van der Waals surface area contributed by atoms with Crippen LogP contribution in [0.3, 0.4) is 0 Å². The van der Waals surface area contributed by atoms with Gasteiger partial charge in [0.2, 0.25) is 0 Å². The van der Waals surface area contributed by atoms with Crippen molar-refractivity contribution in [1.29, 1.82) is 0 Å². The third-order valence-electron chi connectivity index (χ3n) is 4.05. The maximum Gasteiger partial charge on any atom is 0.272 e. The molecule has 1 aliphatic heterocycles. The Morgan fingerprint density at radius 2 is 2.19 bits per heavy atom. The number of rotatable bonds is 7. The van der Waals surface area contributed by atoms with E-state index in [0.29, 0.717) is 25.5 Å². The van der Waals surface area contributed by atoms with Gasteiger partial charge in [0.15, 0.2) is 5.69 Å². The molecule has 0 bridgehead atoms. The van der Waals surface area contributed by atoms with E-state index in [2.05, 4.69) is 29.2 Å². The molecule has 2 rings (SSSR count). The molecule has 6 nitrogen and oxygen atoms in total. The van der Waals surface area contributed by atoms with Crippen LogP contribution in [0.25, 0.3) is 0 Å². The predicted molar refractivity (Wildman–Crippen MR) is 81.3 cm³/mol. The summed E-state index contributed by atoms with van der Waals surface area (Å²) in [5, 5.41) is 7.32. The molecule has 0 spiro atoms. The number of nitrogens with one attached hydrogen (secondary N) is 1. The molecule has 1 aliphatic rings. The molecule has 1 aromatic rings. The van der Waals surface area contributed by atoms with Crippen molar-refractivity contribution in [2.45, 2.75) is 33.3 Å². The van der Waals surface area contributed by atoms with Crippen molar-refractivity contribution < 1.29 is 9.53 Å². The van der Waals surface area contributed by atoms with Crippen LogP contribution in [-0.2, 0) is 24.8 Å². The van der Waals surface area contributed by atoms with Crippen LogP contribution >= 0.6 is 0 Å². The molecule has 0 aromatic carbocycles. The van der Waals surface area contributed by atoms with Gasteiger partial charge in [0.25, 0.3) is 5.91 Å². The molecule has 0 atom stereocenters. The Balaban J connectivity index is 1.87. The van der Waals surface area contributed by atoms with Gasteiger partial charge in [-0.15, -0.1) is 0 Å². The molecule has 1 N–H and O–H groups in total. The molecule has 0 unspecified atom stereocenters. The smallest absolute Gasteiger partial charge is 0.272 e. The highest BCUT2D eigenvalue weighted by Crippen LogP contribution is 2.19. The molecular weight excluding hydrogens is 268 g/mol. The molecule has 21 heavy (non-hydrogen) atoms. The first-order valence-electron chi connectivity index (χ1n) is 7.80. The summed E-state index contributed by atoms with van der Waals surface area (Å²) in [6, 6.07) is 0. The van der Waals surface area contributed by atoms with E-state index in [4.69, 9.17) is 4.74 Å². The number of nitrogens with zero attached hydrogens (tertiary/aromatic N) is 3. The summed E-state index contributed by atoms with van der Waals surface area (Å²) in [5.74, 6) is -0.0862. The van der Waals surface area contributed by atoms with E-state index in [1.165, 1.54) is 0 Å². The van der Waals surface area contributed by atoms with Gasteiger partial charge in [-0.1, -0.05) is 13.8 Å². The minimum absolute atomic E-state index is 0.0862. The Bertz CT molecular complexity index is 480. The first kappa shape index (κ1) is 16.0. The van der Waals surface area contributed by atoms with Gasteiger partial charge in [0, 0.05) is 31.3 Å². The maximum atomic E-state index is 12.3. The molecule has 1 aromatic heterocycles. The lowest BCUT2D eigenvalue weighted by molar-refractivity contribution is 0.0923. The van der Waals surface area contributed by atoms with Crippen LogP contribution in [0.5, 0.6) is 0 Å². The van der Waals surface area contributed by atoms with Crippen molar-refractivity contribution in [3.63, 3.8) is 0 Å². The van der Waals surface area contributed by atoms with Gasteiger partial charge in [-0.3, -0.25) is 9.48 Å². The standard InChI is InChI=1S/C15H26N4O2/c1-4-19(5-2)9-6-8-16-15(20)14-12-11-21-10-7-13(12)18(3)17-14/h4-11H2,1-3H3,(H,16,20). The molecule has 0 radical (unpaired) electrons. The second-order valence-corrected chi connectivity index (χ2v) is 5.34. The number of amides is 1. The third-order valence-corrected chi connectivity index (χ3v) is 4.05. The van der Waals surface area contributed by atoms with Crippen molar-refractivity contribution in [3.8, 4) is 0 Å². The highest BCUT2D eigenvalue weighted by molar-refractivity contribution is 5.94. The zero-order valence-electron chi connectivity index (χ0n) is 13.3. The maximum absolute atomic E-state index is 12.3. The van der Waals surface area contributed by atoms with E-state index < -0.39 is 0 Å². The van der Waals surface area contributed by atoms with Crippen molar-refractivity contribution >= 4 is 5.91 Å². The third kappa shape index (κ3) is 3.83. The van der Waals surface area contributed by atoms with Gasteiger partial charge in [0.05, 0.1) is 13.2 Å². The molecular formula is C15H26N4O2. The number of carbonyl (C=O) groups excluding carboxylic acids is 1. The van der Waals surface area contributed by atoms with Crippen LogP contribution in [0.1, 0.15) is 42.0 Å². The Labute approximate surface area is 126 Å². The SMILES string of the molecule is CCN(CC)CCCNC(=O)c1nn(C)c2c1COCC2. The Kier molecular flexibility index (Phi) is 5.76. The summed E-state index contributed by atoms with van der Waals surface area (Å²) < 4.78 is 7.25. The number of hydrogen-bond donors (Lipinski definition) is 1. The summed E-state index contributed by atoms with van der Waals surface area (Å²) in [4.78, 5) is 14.6. The van der Waals surface area contributed by atoms with E-state index in [-0.39, 0.29) is 5.91 Å². The van der Waals surface area contributed by atoms with Gasteiger partial charge in [-0.25, -0.2) is 0 Å². The van der Waals surface area contributed by atoms with Crippen LogP contribution in [0.15, 0.2) is 0 Å². The molecule has 1 amide bonds. The quantitative estimate of drug-likeness (QED) is 0.761. The average Bonchev–Trinajstić information content (AvgIpc) is 2.85. The molecule has 6 heteroatoms. The monoisotopic (exact) mass is 294 g/mol. The molecule has 0 fully saturated rings. The number of aromatic nitrogens is 2. The van der Waals surface area contributed by atoms with Crippen molar-refractivity contribution in [1.82, 2.24) is 20.0 Å². The normalized spacial score (nSPS) is 14.3. The van der Waals surface area contributed by atoms with Crippen LogP contribution in [0, 0.1) is 0 Å². The van der Waals surface area contributed by atoms with E-state index in [1.54, 1.807) is 0 Å². The van der Waals surface area contributed by atoms with E-state index in [0.717, 1.165) is 43.7 Å². The number of fused-ring (bicyclic) bond motifs is 1. The van der Waals surface area contributed by atoms with Gasteiger partial charge in [-0.2, -0.15) is 5.10 Å². The fourth-order valence-electron chi connectivity index (χ4n) is 2.72. The number of ether oxygens (including phenoxy) is 1. The van der Waals surface area contributed by atoms with Crippen molar-refractivity contribution in [3.05, 3.63) is 17.0 Å². The Morgan fingerprint density at radius 3 is 2.90 bits per heavy atom. The summed E-state index contributed by atoms with van der Waals surface area (Å²) in [5.41, 5.74) is 2.59. The largest absolute Gasteiger partial charge is 0.376 e. The molecule has 0 aliphatic carbocycles. The van der Waals surface area contributed by atoms with E-state index >= 15 is 0 Å². The van der Waals surface area contributed by atoms with Crippen LogP contribution in [0.2, 0.25) is 0 Å². The summed E-state index contributed by atoms with van der Waals surface area (Å²) in [6.07, 6.45) is 1.78. The molecule has 118 valence electrons. The second kappa shape index (κ2) is 7.56. The highest BCUT2D eigenvalue weighted by atomic mass is 16.5. The van der Waals surface area contributed by atoms with Crippen molar-refractivity contribution in [2.24, 2.45) is 7.05 Å². The molecule has 2 heterocycles. The summed E-state index contributed by atoms with van der Waals surface area (Å²) in [7, 11) is 1.89. The minimum Gasteiger partial charge on any atom is -0.376 e. The number of aryl methyl sites for hydroxylation is 1. The summed E-state index contributed by atoms with van der Waals surface area (Å²) in [6.45, 7) is 9.30. The van der Waals surface area contributed by atoms with Gasteiger partial charge in [-0.05, 0) is 26.1 Å². The van der Waals surface area contributed by atoms with E-state index in [1.807, 2.05) is 11.7 Å². The van der Waals surface area contributed by atoms with Crippen LogP contribution in [0.4, 0.5) is 0 Å². The first-order chi connectivity index (χ1) is 10.2. The Morgan fingerprint density at radius 1 is 1.43 bits per heavy atom. The minimum atomic E-state index is -0.0862. The van der Waals surface area contributed by atoms with Gasteiger partial charge < -0.3 is 15.0 Å². The van der Waals surface area contributed by atoms with Gasteiger partial charge >= 0.3 is 0 Å². The zero-order chi connectivity index (χ0) is 15.2. The number of hydrogen-bond acceptors (Lipinski definition) is 4. The topological polar surface area (TPSA) is 59.4 Å².